The quantitative estimate of drug-likeness (QED) is 0.896. The van der Waals surface area contributed by atoms with Gasteiger partial charge in [-0.1, -0.05) is 12.1 Å². The highest BCUT2D eigenvalue weighted by atomic mass is 79.9. The Bertz CT molecular complexity index is 512. The number of nitrogens with one attached hydrogen (secondary N) is 1. The molecule has 0 aliphatic heterocycles. The molecule has 0 bridgehead atoms. The molecule has 2 aromatic rings. The first-order valence-electron chi connectivity index (χ1n) is 5.77. The lowest BCUT2D eigenvalue weighted by Gasteiger charge is -2.16. The number of ether oxygens (including phenoxy) is 1. The molecule has 1 heterocycles. The molecule has 4 heteroatoms. The fourth-order valence-corrected chi connectivity index (χ4v) is 3.68. The lowest BCUT2D eigenvalue weighted by atomic mass is 10.0. The molecule has 96 valence electrons. The average molecular weight is 326 g/mol. The van der Waals surface area contributed by atoms with Crippen LogP contribution in [0.2, 0.25) is 0 Å². The Kier molecular flexibility index (Phi) is 4.80. The third-order valence-corrected chi connectivity index (χ3v) is 4.87. The molecule has 2 rings (SSSR count). The highest BCUT2D eigenvalue weighted by Gasteiger charge is 2.14. The topological polar surface area (TPSA) is 21.3 Å². The van der Waals surface area contributed by atoms with E-state index in [-0.39, 0.29) is 0 Å². The minimum absolute atomic E-state index is 0.325. The van der Waals surface area contributed by atoms with Crippen LogP contribution in [0.4, 0.5) is 0 Å². The smallest absolute Gasteiger partial charge is 0.119 e. The lowest BCUT2D eigenvalue weighted by Crippen LogP contribution is -2.18. The summed E-state index contributed by atoms with van der Waals surface area (Å²) in [6.07, 6.45) is 0.951. The van der Waals surface area contributed by atoms with Gasteiger partial charge in [0.1, 0.15) is 5.75 Å². The SMILES string of the molecule is CNC(Cc1cccc(OC)c1)c1sccc1Br. The van der Waals surface area contributed by atoms with Crippen LogP contribution < -0.4 is 10.1 Å². The summed E-state index contributed by atoms with van der Waals surface area (Å²) in [4.78, 5) is 1.33. The summed E-state index contributed by atoms with van der Waals surface area (Å²) in [5.41, 5.74) is 1.27. The Morgan fingerprint density at radius 1 is 1.39 bits per heavy atom. The van der Waals surface area contributed by atoms with E-state index in [1.165, 1.54) is 14.9 Å². The molecule has 0 radical (unpaired) electrons. The summed E-state index contributed by atoms with van der Waals surface area (Å²) >= 11 is 5.37. The number of hydrogen-bond donors (Lipinski definition) is 1. The Hall–Kier alpha value is -0.840. The van der Waals surface area contributed by atoms with Gasteiger partial charge in [0.15, 0.2) is 0 Å². The Balaban J connectivity index is 2.18. The van der Waals surface area contributed by atoms with Crippen molar-refractivity contribution in [3.8, 4) is 5.75 Å². The fraction of sp³-hybridized carbons (Fsp3) is 0.286. The maximum Gasteiger partial charge on any atom is 0.119 e. The number of halogens is 1. The summed E-state index contributed by atoms with van der Waals surface area (Å²) in [6, 6.07) is 10.6. The first-order chi connectivity index (χ1) is 8.74. The van der Waals surface area contributed by atoms with Gasteiger partial charge >= 0.3 is 0 Å². The van der Waals surface area contributed by atoms with Crippen molar-refractivity contribution < 1.29 is 4.74 Å². The van der Waals surface area contributed by atoms with Crippen LogP contribution in [0.15, 0.2) is 40.2 Å². The summed E-state index contributed by atoms with van der Waals surface area (Å²) in [5.74, 6) is 0.910. The predicted octanol–water partition coefficient (Wildman–Crippen LogP) is 4.02. The second-order valence-corrected chi connectivity index (χ2v) is 5.83. The zero-order valence-corrected chi connectivity index (χ0v) is 12.8. The lowest BCUT2D eigenvalue weighted by molar-refractivity contribution is 0.414. The van der Waals surface area contributed by atoms with Crippen molar-refractivity contribution in [3.63, 3.8) is 0 Å². The maximum atomic E-state index is 5.26. The second kappa shape index (κ2) is 6.36. The molecule has 1 aromatic heterocycles. The van der Waals surface area contributed by atoms with Crippen molar-refractivity contribution in [1.29, 1.82) is 0 Å². The average Bonchev–Trinajstić information content (AvgIpc) is 2.82. The van der Waals surface area contributed by atoms with Gasteiger partial charge in [0.25, 0.3) is 0 Å². The Morgan fingerprint density at radius 2 is 2.22 bits per heavy atom. The zero-order chi connectivity index (χ0) is 13.0. The second-order valence-electron chi connectivity index (χ2n) is 4.03. The number of rotatable bonds is 5. The monoisotopic (exact) mass is 325 g/mol. The van der Waals surface area contributed by atoms with Gasteiger partial charge in [-0.25, -0.2) is 0 Å². The van der Waals surface area contributed by atoms with E-state index in [0.29, 0.717) is 6.04 Å². The molecule has 1 N–H and O–H groups in total. The van der Waals surface area contributed by atoms with Gasteiger partial charge in [-0.2, -0.15) is 0 Å². The van der Waals surface area contributed by atoms with E-state index in [2.05, 4.69) is 44.8 Å². The van der Waals surface area contributed by atoms with Crippen molar-refractivity contribution in [2.24, 2.45) is 0 Å². The summed E-state index contributed by atoms with van der Waals surface area (Å²) in [7, 11) is 3.70. The Labute approximate surface area is 120 Å². The minimum Gasteiger partial charge on any atom is -0.497 e. The zero-order valence-electron chi connectivity index (χ0n) is 10.4. The third kappa shape index (κ3) is 3.13. The van der Waals surface area contributed by atoms with Crippen molar-refractivity contribution >= 4 is 27.3 Å². The Morgan fingerprint density at radius 3 is 2.83 bits per heavy atom. The van der Waals surface area contributed by atoms with E-state index >= 15 is 0 Å². The van der Waals surface area contributed by atoms with Gasteiger partial charge in [-0.15, -0.1) is 11.3 Å². The molecule has 0 aliphatic carbocycles. The van der Waals surface area contributed by atoms with E-state index < -0.39 is 0 Å². The third-order valence-electron chi connectivity index (χ3n) is 2.88. The molecule has 0 saturated heterocycles. The maximum absolute atomic E-state index is 5.26. The molecule has 0 spiro atoms. The van der Waals surface area contributed by atoms with Crippen molar-refractivity contribution in [3.05, 3.63) is 50.6 Å². The van der Waals surface area contributed by atoms with Gasteiger partial charge in [-0.3, -0.25) is 0 Å². The molecule has 1 aromatic carbocycles. The normalized spacial score (nSPS) is 12.4. The first kappa shape index (κ1) is 13.6. The fourth-order valence-electron chi connectivity index (χ4n) is 1.92. The van der Waals surface area contributed by atoms with Crippen LogP contribution in [-0.4, -0.2) is 14.2 Å². The van der Waals surface area contributed by atoms with Gasteiger partial charge in [0.2, 0.25) is 0 Å². The number of benzene rings is 1. The van der Waals surface area contributed by atoms with Crippen LogP contribution in [0.3, 0.4) is 0 Å². The summed E-state index contributed by atoms with van der Waals surface area (Å²) < 4.78 is 6.43. The number of likely N-dealkylation sites (N-methyl/N-ethyl adjacent to an activating group) is 1. The number of methoxy groups -OCH3 is 1. The standard InChI is InChI=1S/C14H16BrNOS/c1-16-13(14-12(15)6-7-18-14)9-10-4-3-5-11(8-10)17-2/h3-8,13,16H,9H2,1-2H3. The van der Waals surface area contributed by atoms with Crippen molar-refractivity contribution in [2.75, 3.05) is 14.2 Å². The summed E-state index contributed by atoms with van der Waals surface area (Å²) in [5, 5.41) is 5.48. The molecule has 1 unspecified atom stereocenters. The molecule has 18 heavy (non-hydrogen) atoms. The van der Waals surface area contributed by atoms with Crippen molar-refractivity contribution in [2.45, 2.75) is 12.5 Å². The molecule has 0 amide bonds. The van der Waals surface area contributed by atoms with Crippen LogP contribution in [0.5, 0.6) is 5.75 Å². The molecule has 1 atom stereocenters. The molecule has 0 fully saturated rings. The molecule has 2 nitrogen and oxygen atoms in total. The van der Waals surface area contributed by atoms with Gasteiger partial charge in [0.05, 0.1) is 7.11 Å². The largest absolute Gasteiger partial charge is 0.497 e. The van der Waals surface area contributed by atoms with Crippen LogP contribution in [0, 0.1) is 0 Å². The van der Waals surface area contributed by atoms with E-state index in [4.69, 9.17) is 4.74 Å². The number of thiophene rings is 1. The molecule has 0 aliphatic rings. The van der Waals surface area contributed by atoms with Crippen LogP contribution in [-0.2, 0) is 6.42 Å². The summed E-state index contributed by atoms with van der Waals surface area (Å²) in [6.45, 7) is 0. The highest BCUT2D eigenvalue weighted by Crippen LogP contribution is 2.31. The van der Waals surface area contributed by atoms with E-state index in [1.54, 1.807) is 18.4 Å². The van der Waals surface area contributed by atoms with Crippen LogP contribution >= 0.6 is 27.3 Å². The molecular weight excluding hydrogens is 310 g/mol. The van der Waals surface area contributed by atoms with E-state index in [1.807, 2.05) is 19.2 Å². The van der Waals surface area contributed by atoms with E-state index in [9.17, 15) is 0 Å². The highest BCUT2D eigenvalue weighted by molar-refractivity contribution is 9.10. The number of hydrogen-bond acceptors (Lipinski definition) is 3. The molecular formula is C14H16BrNOS. The van der Waals surface area contributed by atoms with Gasteiger partial charge in [0, 0.05) is 15.4 Å². The van der Waals surface area contributed by atoms with E-state index in [0.717, 1.165) is 12.2 Å². The first-order valence-corrected chi connectivity index (χ1v) is 7.45. The minimum atomic E-state index is 0.325. The van der Waals surface area contributed by atoms with Crippen LogP contribution in [0.25, 0.3) is 0 Å². The molecule has 0 saturated carbocycles. The van der Waals surface area contributed by atoms with Crippen LogP contribution in [0.1, 0.15) is 16.5 Å². The van der Waals surface area contributed by atoms with Gasteiger partial charge < -0.3 is 10.1 Å². The predicted molar refractivity (Wildman–Crippen MR) is 80.5 cm³/mol. The van der Waals surface area contributed by atoms with Gasteiger partial charge in [-0.05, 0) is 58.5 Å². The van der Waals surface area contributed by atoms with Crippen molar-refractivity contribution in [1.82, 2.24) is 5.32 Å².